The van der Waals surface area contributed by atoms with Gasteiger partial charge in [0.05, 0.1) is 13.2 Å². The Labute approximate surface area is 169 Å². The molecule has 0 radical (unpaired) electrons. The molecule has 1 saturated carbocycles. The van der Waals surface area contributed by atoms with Crippen molar-refractivity contribution in [1.82, 2.24) is 10.6 Å². The van der Waals surface area contributed by atoms with Crippen molar-refractivity contribution < 1.29 is 9.47 Å². The second kappa shape index (κ2) is 12.2. The summed E-state index contributed by atoms with van der Waals surface area (Å²) in [6, 6.07) is 6.14. The van der Waals surface area contributed by atoms with Crippen LogP contribution in [0.1, 0.15) is 51.0 Å². The van der Waals surface area contributed by atoms with Crippen LogP contribution in [0.15, 0.2) is 23.2 Å². The van der Waals surface area contributed by atoms with Crippen molar-refractivity contribution in [2.75, 3.05) is 20.7 Å². The van der Waals surface area contributed by atoms with E-state index in [1.165, 1.54) is 19.3 Å². The van der Waals surface area contributed by atoms with Gasteiger partial charge in [-0.3, -0.25) is 4.99 Å². The molecule has 0 atom stereocenters. The van der Waals surface area contributed by atoms with Crippen LogP contribution >= 0.6 is 24.0 Å². The topological polar surface area (TPSA) is 54.9 Å². The summed E-state index contributed by atoms with van der Waals surface area (Å²) < 4.78 is 11.6. The van der Waals surface area contributed by atoms with Crippen LogP contribution in [-0.2, 0) is 6.54 Å². The molecule has 0 saturated heterocycles. The highest BCUT2D eigenvalue weighted by molar-refractivity contribution is 14.0. The van der Waals surface area contributed by atoms with Gasteiger partial charge in [-0.15, -0.1) is 24.0 Å². The zero-order chi connectivity index (χ0) is 17.2. The standard InChI is InChI=1S/C19H31N3O2.HI/c1-4-5-12-21-19(20-2)22-14-15-10-11-17(18(13-15)23-3)24-16-8-6-7-9-16;/h10-11,13,16H,4-9,12,14H2,1-3H3,(H2,20,21,22);1H. The maximum Gasteiger partial charge on any atom is 0.191 e. The highest BCUT2D eigenvalue weighted by atomic mass is 127. The van der Waals surface area contributed by atoms with Gasteiger partial charge in [-0.2, -0.15) is 0 Å². The fourth-order valence-electron chi connectivity index (χ4n) is 2.90. The van der Waals surface area contributed by atoms with E-state index in [0.29, 0.717) is 12.6 Å². The molecule has 1 aromatic rings. The first-order valence-corrected chi connectivity index (χ1v) is 9.05. The number of hydrogen-bond acceptors (Lipinski definition) is 3. The quantitative estimate of drug-likeness (QED) is 0.265. The zero-order valence-corrected chi connectivity index (χ0v) is 18.0. The summed E-state index contributed by atoms with van der Waals surface area (Å²) in [6.45, 7) is 3.82. The third-order valence-corrected chi connectivity index (χ3v) is 4.33. The Balaban J connectivity index is 0.00000312. The van der Waals surface area contributed by atoms with Gasteiger partial charge in [0.25, 0.3) is 0 Å². The van der Waals surface area contributed by atoms with Crippen molar-refractivity contribution in [3.8, 4) is 11.5 Å². The minimum Gasteiger partial charge on any atom is -0.493 e. The van der Waals surface area contributed by atoms with E-state index in [2.05, 4.69) is 28.6 Å². The molecule has 1 aliphatic carbocycles. The molecule has 0 aliphatic heterocycles. The average molecular weight is 461 g/mol. The van der Waals surface area contributed by atoms with E-state index < -0.39 is 0 Å². The second-order valence-corrected chi connectivity index (χ2v) is 6.22. The fraction of sp³-hybridized carbons (Fsp3) is 0.632. The van der Waals surface area contributed by atoms with Gasteiger partial charge >= 0.3 is 0 Å². The van der Waals surface area contributed by atoms with E-state index in [4.69, 9.17) is 9.47 Å². The number of unbranched alkanes of at least 4 members (excludes halogenated alkanes) is 1. The third kappa shape index (κ3) is 7.30. The summed E-state index contributed by atoms with van der Waals surface area (Å²) in [4.78, 5) is 4.24. The second-order valence-electron chi connectivity index (χ2n) is 6.22. The molecule has 0 heterocycles. The van der Waals surface area contributed by atoms with E-state index in [0.717, 1.165) is 48.8 Å². The van der Waals surface area contributed by atoms with Gasteiger partial charge < -0.3 is 20.1 Å². The monoisotopic (exact) mass is 461 g/mol. The molecule has 1 fully saturated rings. The van der Waals surface area contributed by atoms with E-state index >= 15 is 0 Å². The van der Waals surface area contributed by atoms with Crippen LogP contribution in [-0.4, -0.2) is 32.8 Å². The molecule has 0 amide bonds. The maximum atomic E-state index is 6.08. The average Bonchev–Trinajstić information content (AvgIpc) is 3.12. The summed E-state index contributed by atoms with van der Waals surface area (Å²) in [6.07, 6.45) is 7.46. The first-order valence-electron chi connectivity index (χ1n) is 9.05. The van der Waals surface area contributed by atoms with Crippen LogP contribution < -0.4 is 20.1 Å². The van der Waals surface area contributed by atoms with Crippen LogP contribution in [0.2, 0.25) is 0 Å². The van der Waals surface area contributed by atoms with Crippen molar-refractivity contribution in [1.29, 1.82) is 0 Å². The lowest BCUT2D eigenvalue weighted by Crippen LogP contribution is -2.37. The molecule has 142 valence electrons. The number of nitrogens with zero attached hydrogens (tertiary/aromatic N) is 1. The van der Waals surface area contributed by atoms with Crippen LogP contribution in [0.5, 0.6) is 11.5 Å². The minimum atomic E-state index is 0. The molecule has 1 aliphatic rings. The van der Waals surface area contributed by atoms with E-state index in [1.807, 2.05) is 12.1 Å². The first kappa shape index (κ1) is 21.9. The van der Waals surface area contributed by atoms with Gasteiger partial charge in [0, 0.05) is 20.1 Å². The lowest BCUT2D eigenvalue weighted by molar-refractivity contribution is 0.200. The van der Waals surface area contributed by atoms with Crippen LogP contribution in [0.4, 0.5) is 0 Å². The Hall–Kier alpha value is -1.18. The van der Waals surface area contributed by atoms with Crippen molar-refractivity contribution in [2.24, 2.45) is 4.99 Å². The van der Waals surface area contributed by atoms with Crippen molar-refractivity contribution in [3.05, 3.63) is 23.8 Å². The van der Waals surface area contributed by atoms with Gasteiger partial charge in [0.15, 0.2) is 17.5 Å². The van der Waals surface area contributed by atoms with Gasteiger partial charge in [0.1, 0.15) is 0 Å². The molecular formula is C19H32IN3O2. The lowest BCUT2D eigenvalue weighted by atomic mass is 10.2. The molecule has 2 N–H and O–H groups in total. The molecule has 0 aromatic heterocycles. The van der Waals surface area contributed by atoms with E-state index in [9.17, 15) is 0 Å². The maximum absolute atomic E-state index is 6.08. The fourth-order valence-corrected chi connectivity index (χ4v) is 2.90. The van der Waals surface area contributed by atoms with Gasteiger partial charge in [-0.25, -0.2) is 0 Å². The Morgan fingerprint density at radius 2 is 1.96 bits per heavy atom. The zero-order valence-electron chi connectivity index (χ0n) is 15.6. The number of rotatable bonds is 8. The highest BCUT2D eigenvalue weighted by Gasteiger charge is 2.18. The Morgan fingerprint density at radius 3 is 2.60 bits per heavy atom. The molecule has 1 aromatic carbocycles. The Bertz CT molecular complexity index is 531. The lowest BCUT2D eigenvalue weighted by Gasteiger charge is -2.17. The van der Waals surface area contributed by atoms with Crippen molar-refractivity contribution >= 4 is 29.9 Å². The Morgan fingerprint density at radius 1 is 1.20 bits per heavy atom. The molecule has 0 spiro atoms. The predicted molar refractivity (Wildman–Crippen MR) is 114 cm³/mol. The number of guanidine groups is 1. The highest BCUT2D eigenvalue weighted by Crippen LogP contribution is 2.32. The number of aliphatic imine (C=N–C) groups is 1. The molecule has 0 bridgehead atoms. The number of nitrogens with one attached hydrogen (secondary N) is 2. The number of hydrogen-bond donors (Lipinski definition) is 2. The van der Waals surface area contributed by atoms with Crippen molar-refractivity contribution in [3.63, 3.8) is 0 Å². The molecule has 2 rings (SSSR count). The normalized spacial score (nSPS) is 14.8. The summed E-state index contributed by atoms with van der Waals surface area (Å²) in [5, 5.41) is 6.64. The van der Waals surface area contributed by atoms with Gasteiger partial charge in [-0.05, 0) is 49.8 Å². The smallest absolute Gasteiger partial charge is 0.191 e. The van der Waals surface area contributed by atoms with Crippen LogP contribution in [0.3, 0.4) is 0 Å². The van der Waals surface area contributed by atoms with Crippen molar-refractivity contribution in [2.45, 2.75) is 58.1 Å². The number of benzene rings is 1. The molecule has 0 unspecified atom stereocenters. The SMILES string of the molecule is CCCCNC(=NC)NCc1ccc(OC2CCCC2)c(OC)c1.I. The van der Waals surface area contributed by atoms with Crippen LogP contribution in [0.25, 0.3) is 0 Å². The number of methoxy groups -OCH3 is 1. The summed E-state index contributed by atoms with van der Waals surface area (Å²) in [5.41, 5.74) is 1.14. The summed E-state index contributed by atoms with van der Waals surface area (Å²) in [5.74, 6) is 2.47. The number of halogens is 1. The predicted octanol–water partition coefficient (Wildman–Crippen LogP) is 4.10. The molecule has 6 heteroatoms. The van der Waals surface area contributed by atoms with Gasteiger partial charge in [-0.1, -0.05) is 19.4 Å². The first-order chi connectivity index (χ1) is 11.8. The summed E-state index contributed by atoms with van der Waals surface area (Å²) >= 11 is 0. The van der Waals surface area contributed by atoms with E-state index in [1.54, 1.807) is 14.2 Å². The minimum absolute atomic E-state index is 0. The Kier molecular flexibility index (Phi) is 10.7. The summed E-state index contributed by atoms with van der Waals surface area (Å²) in [7, 11) is 3.49. The molecule has 25 heavy (non-hydrogen) atoms. The molecule has 5 nitrogen and oxygen atoms in total. The number of ether oxygens (including phenoxy) is 2. The largest absolute Gasteiger partial charge is 0.493 e. The van der Waals surface area contributed by atoms with E-state index in [-0.39, 0.29) is 24.0 Å². The third-order valence-electron chi connectivity index (χ3n) is 4.33. The van der Waals surface area contributed by atoms with Crippen LogP contribution in [0, 0.1) is 0 Å². The van der Waals surface area contributed by atoms with Gasteiger partial charge in [0.2, 0.25) is 0 Å². The molecular weight excluding hydrogens is 429 g/mol.